The van der Waals surface area contributed by atoms with Gasteiger partial charge in [0.15, 0.2) is 0 Å². The molecule has 1 aliphatic rings. The van der Waals surface area contributed by atoms with Gasteiger partial charge in [0, 0.05) is 22.7 Å². The Labute approximate surface area is 111 Å². The number of nitrogens with zero attached hydrogens (tertiary/aromatic N) is 1. The first-order valence-corrected chi connectivity index (χ1v) is 6.94. The first-order valence-electron chi connectivity index (χ1n) is 5.26. The summed E-state index contributed by atoms with van der Waals surface area (Å²) in [5.74, 6) is 0.755. The number of hydrogen-bond acceptors (Lipinski definition) is 4. The number of hydrogen-bond donors (Lipinski definition) is 1. The van der Waals surface area contributed by atoms with E-state index in [0.717, 1.165) is 20.7 Å². The zero-order valence-corrected chi connectivity index (χ0v) is 11.2. The van der Waals surface area contributed by atoms with Gasteiger partial charge >= 0.3 is 0 Å². The molecule has 0 radical (unpaired) electrons. The second kappa shape index (κ2) is 4.40. The van der Waals surface area contributed by atoms with E-state index in [0.29, 0.717) is 6.42 Å². The second-order valence-electron chi connectivity index (χ2n) is 3.94. The van der Waals surface area contributed by atoms with Crippen molar-refractivity contribution in [3.8, 4) is 5.75 Å². The van der Waals surface area contributed by atoms with Crippen LogP contribution in [0.4, 0.5) is 0 Å². The smallest absolute Gasteiger partial charge is 0.137 e. The van der Waals surface area contributed by atoms with Crippen molar-refractivity contribution in [2.45, 2.75) is 18.6 Å². The van der Waals surface area contributed by atoms with Crippen LogP contribution in [-0.4, -0.2) is 10.1 Å². The third-order valence-corrected chi connectivity index (χ3v) is 4.17. The Kier molecular flexibility index (Phi) is 2.90. The molecule has 0 spiro atoms. The molecule has 17 heavy (non-hydrogen) atoms. The Hall–Kier alpha value is -0.910. The Morgan fingerprint density at radius 2 is 2.35 bits per heavy atom. The van der Waals surface area contributed by atoms with Gasteiger partial charge in [0.05, 0.1) is 16.5 Å². The molecule has 1 aromatic heterocycles. The van der Waals surface area contributed by atoms with Crippen LogP contribution in [-0.2, 0) is 0 Å². The molecular formula is C12H10BrNO2S. The van der Waals surface area contributed by atoms with Gasteiger partial charge in [0.2, 0.25) is 0 Å². The second-order valence-corrected chi connectivity index (χ2v) is 5.78. The first-order chi connectivity index (χ1) is 8.24. The summed E-state index contributed by atoms with van der Waals surface area (Å²) >= 11 is 4.95. The lowest BCUT2D eigenvalue weighted by Gasteiger charge is -2.28. The molecule has 1 aliphatic heterocycles. The maximum atomic E-state index is 10.1. The molecule has 3 rings (SSSR count). The lowest BCUT2D eigenvalue weighted by atomic mass is 9.99. The monoisotopic (exact) mass is 311 g/mol. The maximum Gasteiger partial charge on any atom is 0.137 e. The van der Waals surface area contributed by atoms with Gasteiger partial charge in [-0.3, -0.25) is 4.98 Å². The number of aliphatic hydroxyl groups is 1. The predicted molar refractivity (Wildman–Crippen MR) is 69.2 cm³/mol. The summed E-state index contributed by atoms with van der Waals surface area (Å²) in [5.41, 5.74) is 2.63. The van der Waals surface area contributed by atoms with Crippen molar-refractivity contribution < 1.29 is 9.84 Å². The number of aliphatic hydroxyl groups excluding tert-OH is 1. The number of ether oxygens (including phenoxy) is 1. The molecule has 0 fully saturated rings. The van der Waals surface area contributed by atoms with Crippen molar-refractivity contribution in [1.82, 2.24) is 4.98 Å². The molecule has 5 heteroatoms. The minimum absolute atomic E-state index is 0.0915. The van der Waals surface area contributed by atoms with Crippen LogP contribution in [0.25, 0.3) is 0 Å². The van der Waals surface area contributed by atoms with Gasteiger partial charge in [-0.1, -0.05) is 15.9 Å². The molecule has 2 heterocycles. The number of thiazole rings is 1. The van der Waals surface area contributed by atoms with Gasteiger partial charge in [-0.05, 0) is 18.2 Å². The highest BCUT2D eigenvalue weighted by Gasteiger charge is 2.28. The van der Waals surface area contributed by atoms with Crippen molar-refractivity contribution >= 4 is 27.3 Å². The highest BCUT2D eigenvalue weighted by molar-refractivity contribution is 9.10. The van der Waals surface area contributed by atoms with Crippen LogP contribution < -0.4 is 4.74 Å². The summed E-state index contributed by atoms with van der Waals surface area (Å²) in [5, 5.41) is 10.1. The largest absolute Gasteiger partial charge is 0.484 e. The topological polar surface area (TPSA) is 42.4 Å². The van der Waals surface area contributed by atoms with Crippen LogP contribution in [0, 0.1) is 0 Å². The summed E-state index contributed by atoms with van der Waals surface area (Å²) in [6.45, 7) is 0. The van der Waals surface area contributed by atoms with E-state index >= 15 is 0 Å². The Morgan fingerprint density at radius 3 is 3.12 bits per heavy atom. The molecule has 1 N–H and O–H groups in total. The highest BCUT2D eigenvalue weighted by Crippen LogP contribution is 2.42. The number of halogens is 1. The molecular weight excluding hydrogens is 302 g/mol. The third-order valence-electron chi connectivity index (χ3n) is 2.81. The zero-order chi connectivity index (χ0) is 11.8. The van der Waals surface area contributed by atoms with Gasteiger partial charge in [-0.25, -0.2) is 0 Å². The van der Waals surface area contributed by atoms with E-state index in [1.165, 1.54) is 0 Å². The average Bonchev–Trinajstić information content (AvgIpc) is 2.83. The Bertz CT molecular complexity index is 529. The van der Waals surface area contributed by atoms with Crippen molar-refractivity contribution in [2.24, 2.45) is 0 Å². The SMILES string of the molecule is O[C@H]1CC(c2cncs2)Oc2ccc(Br)cc21. The highest BCUT2D eigenvalue weighted by atomic mass is 79.9. The normalized spacial score (nSPS) is 22.9. The summed E-state index contributed by atoms with van der Waals surface area (Å²) in [6, 6.07) is 5.71. The average molecular weight is 312 g/mol. The molecule has 0 aliphatic carbocycles. The Morgan fingerprint density at radius 1 is 1.47 bits per heavy atom. The lowest BCUT2D eigenvalue weighted by molar-refractivity contribution is 0.0673. The molecule has 0 saturated carbocycles. The minimum Gasteiger partial charge on any atom is -0.484 e. The first kappa shape index (κ1) is 11.2. The molecule has 1 unspecified atom stereocenters. The van der Waals surface area contributed by atoms with E-state index < -0.39 is 6.10 Å². The van der Waals surface area contributed by atoms with Crippen LogP contribution in [0.15, 0.2) is 34.4 Å². The number of aromatic nitrogens is 1. The van der Waals surface area contributed by atoms with Crippen molar-refractivity contribution in [3.05, 3.63) is 44.8 Å². The summed E-state index contributed by atoms with van der Waals surface area (Å²) in [7, 11) is 0. The van der Waals surface area contributed by atoms with E-state index in [9.17, 15) is 5.11 Å². The van der Waals surface area contributed by atoms with Crippen molar-refractivity contribution in [2.75, 3.05) is 0 Å². The summed E-state index contributed by atoms with van der Waals surface area (Å²) < 4.78 is 6.85. The van der Waals surface area contributed by atoms with Crippen LogP contribution in [0.2, 0.25) is 0 Å². The van der Waals surface area contributed by atoms with Gasteiger partial charge in [0.25, 0.3) is 0 Å². The molecule has 0 saturated heterocycles. The fraction of sp³-hybridized carbons (Fsp3) is 0.250. The van der Waals surface area contributed by atoms with Crippen LogP contribution in [0.1, 0.15) is 29.1 Å². The fourth-order valence-electron chi connectivity index (χ4n) is 1.98. The standard InChI is InChI=1S/C12H10BrNO2S/c13-7-1-2-10-8(3-7)9(15)4-11(16-10)12-5-14-6-17-12/h1-3,5-6,9,11,15H,4H2/t9-,11?/m0/s1. The van der Waals surface area contributed by atoms with E-state index in [4.69, 9.17) is 4.74 Å². The van der Waals surface area contributed by atoms with E-state index in [2.05, 4.69) is 20.9 Å². The number of fused-ring (bicyclic) bond motifs is 1. The molecule has 3 nitrogen and oxygen atoms in total. The van der Waals surface area contributed by atoms with Gasteiger partial charge in [0.1, 0.15) is 11.9 Å². The molecule has 2 atom stereocenters. The van der Waals surface area contributed by atoms with Crippen molar-refractivity contribution in [3.63, 3.8) is 0 Å². The molecule has 1 aromatic carbocycles. The van der Waals surface area contributed by atoms with Gasteiger partial charge in [-0.15, -0.1) is 11.3 Å². The quantitative estimate of drug-likeness (QED) is 0.877. The molecule has 2 aromatic rings. The van der Waals surface area contributed by atoms with Crippen LogP contribution in [0.3, 0.4) is 0 Å². The Balaban J connectivity index is 1.96. The van der Waals surface area contributed by atoms with E-state index in [-0.39, 0.29) is 6.10 Å². The van der Waals surface area contributed by atoms with Crippen molar-refractivity contribution in [1.29, 1.82) is 0 Å². The van der Waals surface area contributed by atoms with Crippen LogP contribution >= 0.6 is 27.3 Å². The predicted octanol–water partition coefficient (Wildman–Crippen LogP) is 3.46. The maximum absolute atomic E-state index is 10.1. The third kappa shape index (κ3) is 2.10. The molecule has 0 bridgehead atoms. The van der Waals surface area contributed by atoms with E-state index in [1.807, 2.05) is 18.2 Å². The molecule has 88 valence electrons. The van der Waals surface area contributed by atoms with E-state index in [1.54, 1.807) is 23.0 Å². The zero-order valence-electron chi connectivity index (χ0n) is 8.84. The fourth-order valence-corrected chi connectivity index (χ4v) is 3.02. The van der Waals surface area contributed by atoms with Gasteiger partial charge in [-0.2, -0.15) is 0 Å². The summed E-state index contributed by atoms with van der Waals surface area (Å²) in [6.07, 6.45) is 1.80. The van der Waals surface area contributed by atoms with Gasteiger partial charge < -0.3 is 9.84 Å². The minimum atomic E-state index is -0.483. The van der Waals surface area contributed by atoms with Crippen LogP contribution in [0.5, 0.6) is 5.75 Å². The number of benzene rings is 1. The lowest BCUT2D eigenvalue weighted by Crippen LogP contribution is -2.18. The summed E-state index contributed by atoms with van der Waals surface area (Å²) in [4.78, 5) is 5.10. The number of rotatable bonds is 1. The molecule has 0 amide bonds.